The third-order valence-electron chi connectivity index (χ3n) is 6.88. The van der Waals surface area contributed by atoms with E-state index in [2.05, 4.69) is 28.5 Å². The van der Waals surface area contributed by atoms with E-state index in [4.69, 9.17) is 10.5 Å². The molecule has 1 aromatic heterocycles. The highest BCUT2D eigenvalue weighted by Gasteiger charge is 2.29. The Morgan fingerprint density at radius 3 is 2.79 bits per heavy atom. The highest BCUT2D eigenvalue weighted by atomic mass is 16.5. The Hall–Kier alpha value is -3.07. The summed E-state index contributed by atoms with van der Waals surface area (Å²) in [5, 5.41) is 11.5. The molecule has 9 nitrogen and oxygen atoms in total. The maximum absolute atomic E-state index is 11.4. The Morgan fingerprint density at radius 1 is 1.33 bits per heavy atom. The molecule has 2 N–H and O–H groups in total. The lowest BCUT2D eigenvalue weighted by Gasteiger charge is -2.30. The summed E-state index contributed by atoms with van der Waals surface area (Å²) in [7, 11) is 0. The maximum atomic E-state index is 11.4. The Labute approximate surface area is 195 Å². The molecule has 3 heterocycles. The van der Waals surface area contributed by atoms with Crippen LogP contribution in [0.4, 0.5) is 0 Å². The predicted octanol–water partition coefficient (Wildman–Crippen LogP) is 3.04. The molecule has 0 bridgehead atoms. The first-order chi connectivity index (χ1) is 16.0. The molecule has 33 heavy (non-hydrogen) atoms. The van der Waals surface area contributed by atoms with Gasteiger partial charge in [0.05, 0.1) is 17.8 Å². The van der Waals surface area contributed by atoms with Gasteiger partial charge < -0.3 is 15.4 Å². The van der Waals surface area contributed by atoms with Crippen LogP contribution in [-0.2, 0) is 27.4 Å². The Morgan fingerprint density at radius 2 is 2.12 bits per heavy atom. The van der Waals surface area contributed by atoms with Crippen LogP contribution >= 0.6 is 0 Å². The van der Waals surface area contributed by atoms with Crippen LogP contribution in [0.15, 0.2) is 29.5 Å². The zero-order valence-electron chi connectivity index (χ0n) is 19.4. The van der Waals surface area contributed by atoms with Crippen molar-refractivity contribution in [3.8, 4) is 11.4 Å². The third kappa shape index (κ3) is 4.98. The minimum atomic E-state index is -0.299. The van der Waals surface area contributed by atoms with Crippen molar-refractivity contribution in [1.82, 2.24) is 25.1 Å². The van der Waals surface area contributed by atoms with Crippen molar-refractivity contribution in [2.45, 2.75) is 71.5 Å². The predicted molar refractivity (Wildman–Crippen MR) is 125 cm³/mol. The molecule has 1 aliphatic carbocycles. The number of carbonyl (C=O) groups excluding carboxylic acids is 2. The van der Waals surface area contributed by atoms with Crippen LogP contribution < -0.4 is 5.73 Å². The fourth-order valence-electron chi connectivity index (χ4n) is 4.98. The molecule has 0 spiro atoms. The van der Waals surface area contributed by atoms with E-state index in [0.717, 1.165) is 42.0 Å². The molecular weight excluding hydrogens is 420 g/mol. The molecule has 0 saturated heterocycles. The van der Waals surface area contributed by atoms with E-state index in [9.17, 15) is 9.59 Å². The number of nitrogens with two attached hydrogens (primary N) is 1. The number of esters is 1. The van der Waals surface area contributed by atoms with Crippen molar-refractivity contribution in [2.24, 2.45) is 11.7 Å². The first kappa shape index (κ1) is 23.1. The highest BCUT2D eigenvalue weighted by Crippen LogP contribution is 2.31. The van der Waals surface area contributed by atoms with E-state index in [0.29, 0.717) is 18.0 Å². The van der Waals surface area contributed by atoms with E-state index in [1.54, 1.807) is 16.5 Å². The average molecular weight is 455 g/mol. The molecule has 1 fully saturated rings. The number of rotatable bonds is 6. The lowest BCUT2D eigenvalue weighted by atomic mass is 9.85. The minimum Gasteiger partial charge on any atom is -0.456 e. The minimum absolute atomic E-state index is 0. The molecule has 2 aliphatic heterocycles. The monoisotopic (exact) mass is 454 g/mol. The molecule has 1 atom stereocenters. The molecule has 1 aromatic carbocycles. The summed E-state index contributed by atoms with van der Waals surface area (Å²) in [6.07, 6.45) is 8.35. The maximum Gasteiger partial charge on any atom is 0.336 e. The Kier molecular flexibility index (Phi) is 7.17. The standard InChI is InChI=1S/C15H23NO3.C9H9N5.H2/c1-11(8-13-6-4-3-5-7-13)16(10-17)14-9-19-15(18)12(14)2;10-4-6-1-2-8-7(3-6)5-14-9(8)11-12-13-14;/h10-11,13H,3-9H2,1-2H3;1-3H,4-5,10H2;1H/t11-;;/m1../s1. The molecular formula is C24H34N6O3. The number of cyclic esters (lactones) is 1. The van der Waals surface area contributed by atoms with Gasteiger partial charge in [0.25, 0.3) is 0 Å². The van der Waals surface area contributed by atoms with Gasteiger partial charge in [-0.05, 0) is 47.7 Å². The van der Waals surface area contributed by atoms with E-state index in [-0.39, 0.29) is 20.0 Å². The number of aromatic nitrogens is 4. The number of ether oxygens (including phenoxy) is 1. The number of nitrogens with zero attached hydrogens (tertiary/aromatic N) is 5. The summed E-state index contributed by atoms with van der Waals surface area (Å²) in [5.41, 5.74) is 10.4. The van der Waals surface area contributed by atoms with Crippen molar-refractivity contribution in [3.63, 3.8) is 0 Å². The first-order valence-corrected chi connectivity index (χ1v) is 11.7. The number of amides is 1. The van der Waals surface area contributed by atoms with Crippen molar-refractivity contribution in [1.29, 1.82) is 0 Å². The molecule has 0 radical (unpaired) electrons. The number of tetrazole rings is 1. The molecule has 1 saturated carbocycles. The van der Waals surface area contributed by atoms with Crippen LogP contribution in [0.1, 0.15) is 64.9 Å². The zero-order valence-corrected chi connectivity index (χ0v) is 19.4. The lowest BCUT2D eigenvalue weighted by molar-refractivity contribution is -0.136. The summed E-state index contributed by atoms with van der Waals surface area (Å²) in [5.74, 6) is 1.26. The van der Waals surface area contributed by atoms with Gasteiger partial charge in [-0.1, -0.05) is 50.3 Å². The SMILES string of the molecule is CC1=C(N(C=O)[C@H](C)CC2CCCCC2)COC1=O.NCc1ccc2c(c1)Cn1nnnc1-2.[HH]. The van der Waals surface area contributed by atoms with Crippen LogP contribution in [0.2, 0.25) is 0 Å². The van der Waals surface area contributed by atoms with Crippen LogP contribution in [0, 0.1) is 5.92 Å². The van der Waals surface area contributed by atoms with E-state index < -0.39 is 0 Å². The molecule has 0 unspecified atom stereocenters. The van der Waals surface area contributed by atoms with Gasteiger partial charge in [0, 0.05) is 19.6 Å². The fourth-order valence-corrected chi connectivity index (χ4v) is 4.98. The summed E-state index contributed by atoms with van der Waals surface area (Å²) in [4.78, 5) is 24.4. The van der Waals surface area contributed by atoms with Gasteiger partial charge in [-0.25, -0.2) is 9.48 Å². The van der Waals surface area contributed by atoms with Gasteiger partial charge in [-0.2, -0.15) is 0 Å². The van der Waals surface area contributed by atoms with Crippen LogP contribution in [0.3, 0.4) is 0 Å². The van der Waals surface area contributed by atoms with Crippen LogP contribution in [0.5, 0.6) is 0 Å². The quantitative estimate of drug-likeness (QED) is 0.449. The number of fused-ring (bicyclic) bond motifs is 3. The van der Waals surface area contributed by atoms with Crippen molar-refractivity contribution >= 4 is 12.4 Å². The third-order valence-corrected chi connectivity index (χ3v) is 6.88. The summed E-state index contributed by atoms with van der Waals surface area (Å²) >= 11 is 0. The van der Waals surface area contributed by atoms with Crippen LogP contribution in [-0.4, -0.2) is 50.1 Å². The Bertz CT molecular complexity index is 1050. The topological polar surface area (TPSA) is 116 Å². The number of benzene rings is 1. The second-order valence-electron chi connectivity index (χ2n) is 9.11. The molecule has 3 aliphatic rings. The highest BCUT2D eigenvalue weighted by molar-refractivity contribution is 5.91. The number of carbonyl (C=O) groups is 2. The zero-order chi connectivity index (χ0) is 23.4. The fraction of sp³-hybridized carbons (Fsp3) is 0.542. The van der Waals surface area contributed by atoms with E-state index in [1.165, 1.54) is 37.7 Å². The van der Waals surface area contributed by atoms with Crippen molar-refractivity contribution < 1.29 is 15.8 Å². The van der Waals surface area contributed by atoms with Gasteiger partial charge in [-0.15, -0.1) is 5.10 Å². The summed E-state index contributed by atoms with van der Waals surface area (Å²) in [6.45, 7) is 5.35. The van der Waals surface area contributed by atoms with Crippen molar-refractivity contribution in [2.75, 3.05) is 6.61 Å². The lowest BCUT2D eigenvalue weighted by Crippen LogP contribution is -2.34. The van der Waals surface area contributed by atoms with Gasteiger partial charge in [0.2, 0.25) is 6.41 Å². The van der Waals surface area contributed by atoms with E-state index >= 15 is 0 Å². The molecule has 9 heteroatoms. The number of hydrogen-bond donors (Lipinski definition) is 1. The van der Waals surface area contributed by atoms with Gasteiger partial charge in [-0.3, -0.25) is 4.79 Å². The molecule has 178 valence electrons. The molecule has 5 rings (SSSR count). The summed E-state index contributed by atoms with van der Waals surface area (Å²) < 4.78 is 6.78. The second-order valence-corrected chi connectivity index (χ2v) is 9.11. The first-order valence-electron chi connectivity index (χ1n) is 11.7. The van der Waals surface area contributed by atoms with E-state index in [1.807, 2.05) is 12.1 Å². The van der Waals surface area contributed by atoms with Crippen LogP contribution in [0.25, 0.3) is 11.4 Å². The average Bonchev–Trinajstić information content (AvgIpc) is 3.51. The number of hydrogen-bond acceptors (Lipinski definition) is 7. The smallest absolute Gasteiger partial charge is 0.336 e. The molecule has 2 aromatic rings. The summed E-state index contributed by atoms with van der Waals surface area (Å²) in [6, 6.07) is 6.29. The Balaban J connectivity index is 0.000000192. The largest absolute Gasteiger partial charge is 0.456 e. The molecule has 1 amide bonds. The van der Waals surface area contributed by atoms with Gasteiger partial charge in [0.15, 0.2) is 5.82 Å². The van der Waals surface area contributed by atoms with Gasteiger partial charge >= 0.3 is 5.97 Å². The van der Waals surface area contributed by atoms with Crippen molar-refractivity contribution in [3.05, 3.63) is 40.6 Å². The second kappa shape index (κ2) is 10.2. The normalized spacial score (nSPS) is 18.2. The van der Waals surface area contributed by atoms with Gasteiger partial charge in [0.1, 0.15) is 6.61 Å².